The fourth-order valence-electron chi connectivity index (χ4n) is 1.53. The highest BCUT2D eigenvalue weighted by Crippen LogP contribution is 2.32. The smallest absolute Gasteiger partial charge is 0.337 e. The van der Waals surface area contributed by atoms with Crippen molar-refractivity contribution >= 4 is 34.9 Å². The highest BCUT2D eigenvalue weighted by Gasteiger charge is 2.10. The number of methoxy groups -OCH3 is 1. The predicted molar refractivity (Wildman–Crippen MR) is 78.7 cm³/mol. The second kappa shape index (κ2) is 6.03. The molecule has 2 aromatic carbocycles. The van der Waals surface area contributed by atoms with Crippen LogP contribution in [-0.4, -0.2) is 13.1 Å². The quantitative estimate of drug-likeness (QED) is 0.683. The summed E-state index contributed by atoms with van der Waals surface area (Å²) >= 11 is 11.7. The van der Waals surface area contributed by atoms with Gasteiger partial charge in [-0.3, -0.25) is 0 Å². The number of nitrogens with two attached hydrogens (primary N) is 1. The maximum Gasteiger partial charge on any atom is 0.337 e. The molecule has 0 aromatic heterocycles. The Hall–Kier alpha value is -1.91. The Labute approximate surface area is 126 Å². The number of ether oxygens (including phenoxy) is 2. The molecule has 4 nitrogen and oxygen atoms in total. The molecule has 2 aromatic rings. The van der Waals surface area contributed by atoms with Crippen molar-refractivity contribution in [3.05, 3.63) is 52.0 Å². The van der Waals surface area contributed by atoms with E-state index in [2.05, 4.69) is 4.74 Å². The van der Waals surface area contributed by atoms with Gasteiger partial charge in [-0.05, 0) is 30.3 Å². The van der Waals surface area contributed by atoms with E-state index < -0.39 is 5.97 Å². The first-order chi connectivity index (χ1) is 9.51. The standard InChI is InChI=1S/C14H11Cl2NO3/c1-19-14(18)8-2-5-12(17)13(6-8)20-9-3-4-10(15)11(16)7-9/h2-7H,17H2,1H3. The Morgan fingerprint density at radius 2 is 1.85 bits per heavy atom. The molecule has 0 heterocycles. The first-order valence-electron chi connectivity index (χ1n) is 5.62. The van der Waals surface area contributed by atoms with Crippen LogP contribution in [0.4, 0.5) is 5.69 Å². The third kappa shape index (κ3) is 3.15. The van der Waals surface area contributed by atoms with Crippen molar-refractivity contribution in [1.29, 1.82) is 0 Å². The summed E-state index contributed by atoms with van der Waals surface area (Å²) in [5.41, 5.74) is 6.55. The van der Waals surface area contributed by atoms with Crippen LogP contribution in [0.1, 0.15) is 10.4 Å². The van der Waals surface area contributed by atoms with Gasteiger partial charge in [0.05, 0.1) is 28.4 Å². The van der Waals surface area contributed by atoms with Gasteiger partial charge in [0, 0.05) is 6.07 Å². The molecule has 0 saturated carbocycles. The summed E-state index contributed by atoms with van der Waals surface area (Å²) in [4.78, 5) is 11.5. The summed E-state index contributed by atoms with van der Waals surface area (Å²) in [6.45, 7) is 0. The molecule has 6 heteroatoms. The van der Waals surface area contributed by atoms with Crippen LogP contribution >= 0.6 is 23.2 Å². The van der Waals surface area contributed by atoms with Crippen molar-refractivity contribution < 1.29 is 14.3 Å². The first kappa shape index (κ1) is 14.5. The molecular weight excluding hydrogens is 301 g/mol. The van der Waals surface area contributed by atoms with Gasteiger partial charge in [0.25, 0.3) is 0 Å². The van der Waals surface area contributed by atoms with E-state index in [-0.39, 0.29) is 0 Å². The van der Waals surface area contributed by atoms with Crippen molar-refractivity contribution in [2.24, 2.45) is 0 Å². The second-order valence-electron chi connectivity index (χ2n) is 3.92. The number of rotatable bonds is 3. The number of hydrogen-bond donors (Lipinski definition) is 1. The fourth-order valence-corrected chi connectivity index (χ4v) is 1.82. The molecule has 0 unspecified atom stereocenters. The molecule has 0 saturated heterocycles. The van der Waals surface area contributed by atoms with Crippen LogP contribution in [0.25, 0.3) is 0 Å². The summed E-state index contributed by atoms with van der Waals surface area (Å²) in [5, 5.41) is 0.794. The van der Waals surface area contributed by atoms with E-state index in [1.807, 2.05) is 0 Å². The molecule has 20 heavy (non-hydrogen) atoms. The summed E-state index contributed by atoms with van der Waals surface area (Å²) in [5.74, 6) is 0.336. The van der Waals surface area contributed by atoms with Crippen LogP contribution in [0.5, 0.6) is 11.5 Å². The minimum atomic E-state index is -0.469. The summed E-state index contributed by atoms with van der Waals surface area (Å²) in [6.07, 6.45) is 0. The molecular formula is C14H11Cl2NO3. The fraction of sp³-hybridized carbons (Fsp3) is 0.0714. The molecule has 0 amide bonds. The Balaban J connectivity index is 2.32. The lowest BCUT2D eigenvalue weighted by atomic mass is 10.2. The molecule has 2 rings (SSSR count). The zero-order chi connectivity index (χ0) is 14.7. The van der Waals surface area contributed by atoms with Crippen LogP contribution in [0.15, 0.2) is 36.4 Å². The molecule has 2 N–H and O–H groups in total. The first-order valence-corrected chi connectivity index (χ1v) is 6.37. The van der Waals surface area contributed by atoms with Gasteiger partial charge in [-0.25, -0.2) is 4.79 Å². The number of esters is 1. The van der Waals surface area contributed by atoms with Gasteiger partial charge in [0.15, 0.2) is 5.75 Å². The van der Waals surface area contributed by atoms with Crippen LogP contribution in [0, 0.1) is 0 Å². The van der Waals surface area contributed by atoms with Gasteiger partial charge in [-0.2, -0.15) is 0 Å². The topological polar surface area (TPSA) is 61.5 Å². The molecule has 0 spiro atoms. The van der Waals surface area contributed by atoms with Crippen molar-refractivity contribution in [3.8, 4) is 11.5 Å². The molecule has 0 aliphatic heterocycles. The van der Waals surface area contributed by atoms with E-state index >= 15 is 0 Å². The zero-order valence-electron chi connectivity index (χ0n) is 10.5. The Morgan fingerprint density at radius 1 is 1.10 bits per heavy atom. The second-order valence-corrected chi connectivity index (χ2v) is 4.74. The van der Waals surface area contributed by atoms with Crippen molar-refractivity contribution in [2.45, 2.75) is 0 Å². The van der Waals surface area contributed by atoms with Crippen LogP contribution in [0.3, 0.4) is 0 Å². The normalized spacial score (nSPS) is 10.2. The monoisotopic (exact) mass is 311 g/mol. The average Bonchev–Trinajstić information content (AvgIpc) is 2.44. The Bertz CT molecular complexity index is 659. The van der Waals surface area contributed by atoms with Crippen molar-refractivity contribution in [1.82, 2.24) is 0 Å². The van der Waals surface area contributed by atoms with E-state index in [0.717, 1.165) is 0 Å². The maximum absolute atomic E-state index is 11.5. The zero-order valence-corrected chi connectivity index (χ0v) is 12.0. The van der Waals surface area contributed by atoms with Gasteiger partial charge < -0.3 is 15.2 Å². The Morgan fingerprint density at radius 3 is 2.50 bits per heavy atom. The number of nitrogen functional groups attached to an aromatic ring is 1. The van der Waals surface area contributed by atoms with Gasteiger partial charge >= 0.3 is 5.97 Å². The average molecular weight is 312 g/mol. The Kier molecular flexibility index (Phi) is 4.37. The van der Waals surface area contributed by atoms with Crippen molar-refractivity contribution in [3.63, 3.8) is 0 Å². The highest BCUT2D eigenvalue weighted by atomic mass is 35.5. The van der Waals surface area contributed by atoms with Gasteiger partial charge in [-0.15, -0.1) is 0 Å². The van der Waals surface area contributed by atoms with E-state index in [1.54, 1.807) is 30.3 Å². The highest BCUT2D eigenvalue weighted by molar-refractivity contribution is 6.42. The summed E-state index contributed by atoms with van der Waals surface area (Å²) in [6, 6.07) is 9.46. The minimum Gasteiger partial charge on any atom is -0.465 e. The number of carbonyl (C=O) groups is 1. The van der Waals surface area contributed by atoms with E-state index in [4.69, 9.17) is 33.7 Å². The van der Waals surface area contributed by atoms with E-state index in [0.29, 0.717) is 32.8 Å². The maximum atomic E-state index is 11.5. The molecule has 104 valence electrons. The predicted octanol–water partition coefficient (Wildman–Crippen LogP) is 4.15. The summed E-state index contributed by atoms with van der Waals surface area (Å²) in [7, 11) is 1.30. The van der Waals surface area contributed by atoms with Gasteiger partial charge in [0.1, 0.15) is 5.75 Å². The van der Waals surface area contributed by atoms with Gasteiger partial charge in [-0.1, -0.05) is 23.2 Å². The lowest BCUT2D eigenvalue weighted by Crippen LogP contribution is -2.02. The molecule has 0 fully saturated rings. The van der Waals surface area contributed by atoms with Gasteiger partial charge in [0.2, 0.25) is 0 Å². The van der Waals surface area contributed by atoms with E-state index in [1.165, 1.54) is 13.2 Å². The number of anilines is 1. The number of carbonyl (C=O) groups excluding carboxylic acids is 1. The molecule has 0 aliphatic rings. The lowest BCUT2D eigenvalue weighted by Gasteiger charge is -2.10. The van der Waals surface area contributed by atoms with Crippen LogP contribution in [0.2, 0.25) is 10.0 Å². The van der Waals surface area contributed by atoms with Crippen LogP contribution < -0.4 is 10.5 Å². The number of benzene rings is 2. The third-order valence-electron chi connectivity index (χ3n) is 2.55. The largest absolute Gasteiger partial charge is 0.465 e. The molecule has 0 atom stereocenters. The number of hydrogen-bond acceptors (Lipinski definition) is 4. The molecule has 0 radical (unpaired) electrons. The third-order valence-corrected chi connectivity index (χ3v) is 3.29. The molecule has 0 aliphatic carbocycles. The minimum absolute atomic E-state index is 0.339. The lowest BCUT2D eigenvalue weighted by molar-refractivity contribution is 0.0600. The molecule has 0 bridgehead atoms. The number of halogens is 2. The van der Waals surface area contributed by atoms with E-state index in [9.17, 15) is 4.79 Å². The summed E-state index contributed by atoms with van der Waals surface area (Å²) < 4.78 is 10.2. The van der Waals surface area contributed by atoms with Crippen molar-refractivity contribution in [2.75, 3.05) is 12.8 Å². The SMILES string of the molecule is COC(=O)c1ccc(N)c(Oc2ccc(Cl)c(Cl)c2)c1. The van der Waals surface area contributed by atoms with Crippen LogP contribution in [-0.2, 0) is 4.74 Å².